The van der Waals surface area contributed by atoms with Crippen molar-refractivity contribution in [2.45, 2.75) is 54.8 Å². The predicted molar refractivity (Wildman–Crippen MR) is 146 cm³/mol. The van der Waals surface area contributed by atoms with Crippen LogP contribution in [0.5, 0.6) is 11.5 Å². The Balaban J connectivity index is 1.50. The lowest BCUT2D eigenvalue weighted by molar-refractivity contribution is -0.383. The highest BCUT2D eigenvalue weighted by Gasteiger charge is 2.60. The number of aliphatic hydroxyl groups excluding tert-OH is 6. The molecule has 15 nitrogen and oxygen atoms in total. The third kappa shape index (κ3) is 7.18. The number of carbonyl (C=O) groups is 2. The molecule has 15 heteroatoms. The van der Waals surface area contributed by atoms with E-state index >= 15 is 0 Å². The van der Waals surface area contributed by atoms with E-state index in [-0.39, 0.29) is 17.1 Å². The van der Waals surface area contributed by atoms with E-state index in [2.05, 4.69) is 0 Å². The van der Waals surface area contributed by atoms with E-state index in [1.54, 1.807) is 18.2 Å². The molecular formula is C29H34O15. The third-order valence-corrected chi connectivity index (χ3v) is 7.11. The summed E-state index contributed by atoms with van der Waals surface area (Å²) in [5, 5.41) is 72.1. The zero-order valence-electron chi connectivity index (χ0n) is 23.4. The fourth-order valence-corrected chi connectivity index (χ4v) is 4.70. The average molecular weight is 623 g/mol. The molecule has 0 amide bonds. The predicted octanol–water partition coefficient (Wildman–Crippen LogP) is -1.55. The van der Waals surface area contributed by atoms with Gasteiger partial charge in [0.15, 0.2) is 23.9 Å². The van der Waals surface area contributed by atoms with E-state index in [4.69, 9.17) is 28.4 Å². The number of aliphatic hydroxyl groups is 6. The van der Waals surface area contributed by atoms with Crippen molar-refractivity contribution < 1.29 is 73.8 Å². The zero-order chi connectivity index (χ0) is 32.0. The minimum atomic E-state index is -2.43. The molecule has 2 heterocycles. The molecule has 0 saturated carbocycles. The standard InChI is InChI=1S/C29H34O15/c1-39-18-11-15(7-9-17(18)32)8-10-21(33)42-26-23(35)19(12-30)43-29(26,14-31)44-28-25(37)24(36)22(34)20(41-28)13-40-27(38)16-5-3-2-4-6-16/h2-11,19-20,22-26,28,30-32,34-37H,12-14H2,1H3/b10-8+/t19-,20-,22-,23-,24+,25-,26+,28-,29+/m1/s1. The van der Waals surface area contributed by atoms with E-state index in [1.807, 2.05) is 0 Å². The van der Waals surface area contributed by atoms with Crippen LogP contribution in [0, 0.1) is 0 Å². The van der Waals surface area contributed by atoms with Crippen molar-refractivity contribution in [3.8, 4) is 11.5 Å². The number of ether oxygens (including phenoxy) is 6. The van der Waals surface area contributed by atoms with Crippen LogP contribution in [0.1, 0.15) is 15.9 Å². The van der Waals surface area contributed by atoms with E-state index < -0.39 is 86.6 Å². The van der Waals surface area contributed by atoms with Gasteiger partial charge in [0.25, 0.3) is 0 Å². The fourth-order valence-electron chi connectivity index (χ4n) is 4.70. The first kappa shape index (κ1) is 33.3. The Hall–Kier alpha value is -3.64. The molecular weight excluding hydrogens is 588 g/mol. The van der Waals surface area contributed by atoms with Gasteiger partial charge in [-0.3, -0.25) is 0 Å². The van der Waals surface area contributed by atoms with Gasteiger partial charge in [-0.1, -0.05) is 24.3 Å². The van der Waals surface area contributed by atoms with Gasteiger partial charge in [0.05, 0.1) is 19.3 Å². The van der Waals surface area contributed by atoms with Crippen molar-refractivity contribution in [2.75, 3.05) is 26.9 Å². The average Bonchev–Trinajstić information content (AvgIpc) is 3.30. The molecule has 0 unspecified atom stereocenters. The van der Waals surface area contributed by atoms with Gasteiger partial charge < -0.3 is 64.2 Å². The van der Waals surface area contributed by atoms with Crippen molar-refractivity contribution in [2.24, 2.45) is 0 Å². The maximum absolute atomic E-state index is 12.7. The van der Waals surface area contributed by atoms with Crippen molar-refractivity contribution >= 4 is 18.0 Å². The molecule has 2 saturated heterocycles. The number of aromatic hydroxyl groups is 1. The van der Waals surface area contributed by atoms with Gasteiger partial charge in [0, 0.05) is 6.08 Å². The first-order chi connectivity index (χ1) is 21.0. The number of hydrogen-bond donors (Lipinski definition) is 7. The van der Waals surface area contributed by atoms with Crippen LogP contribution in [-0.4, -0.2) is 129 Å². The summed E-state index contributed by atoms with van der Waals surface area (Å²) in [5.41, 5.74) is 0.639. The smallest absolute Gasteiger partial charge is 0.338 e. The van der Waals surface area contributed by atoms with E-state index in [0.717, 1.165) is 6.08 Å². The van der Waals surface area contributed by atoms with Gasteiger partial charge in [-0.2, -0.15) is 0 Å². The zero-order valence-corrected chi connectivity index (χ0v) is 23.4. The SMILES string of the molecule is COc1cc(/C=C/C(=O)O[C@H]2[C@H](O)[C@@H](CO)O[C@@]2(CO)O[C@H]2O[C@H](COC(=O)c3ccccc3)[C@@H](O)[C@H](O)[C@H]2O)ccc1O. The second kappa shape index (κ2) is 14.4. The normalized spacial score (nSPS) is 32.0. The number of esters is 2. The van der Waals surface area contributed by atoms with Crippen LogP contribution in [0.3, 0.4) is 0 Å². The lowest BCUT2D eigenvalue weighted by Gasteiger charge is -2.43. The molecule has 44 heavy (non-hydrogen) atoms. The number of phenolic OH excluding ortho intramolecular Hbond substituents is 1. The minimum Gasteiger partial charge on any atom is -0.504 e. The maximum Gasteiger partial charge on any atom is 0.338 e. The number of methoxy groups -OCH3 is 1. The summed E-state index contributed by atoms with van der Waals surface area (Å²) >= 11 is 0. The Labute approximate surface area is 251 Å². The quantitative estimate of drug-likeness (QED) is 0.111. The second-order valence-electron chi connectivity index (χ2n) is 10.0. The first-order valence-corrected chi connectivity index (χ1v) is 13.5. The molecule has 240 valence electrons. The van der Waals surface area contributed by atoms with Crippen LogP contribution in [0.25, 0.3) is 6.08 Å². The Morgan fingerprint density at radius 2 is 1.68 bits per heavy atom. The summed E-state index contributed by atoms with van der Waals surface area (Å²) in [6.45, 7) is -2.48. The van der Waals surface area contributed by atoms with Crippen molar-refractivity contribution in [3.05, 3.63) is 65.7 Å². The summed E-state index contributed by atoms with van der Waals surface area (Å²) < 4.78 is 32.4. The van der Waals surface area contributed by atoms with Crippen LogP contribution in [0.4, 0.5) is 0 Å². The summed E-state index contributed by atoms with van der Waals surface area (Å²) in [6.07, 6.45) is -11.6. The molecule has 7 N–H and O–H groups in total. The molecule has 2 aliphatic rings. The largest absolute Gasteiger partial charge is 0.504 e. The Morgan fingerprint density at radius 1 is 0.955 bits per heavy atom. The van der Waals surface area contributed by atoms with Gasteiger partial charge in [-0.15, -0.1) is 0 Å². The molecule has 2 aromatic rings. The fraction of sp³-hybridized carbons (Fsp3) is 0.448. The summed E-state index contributed by atoms with van der Waals surface area (Å²) in [5.74, 6) is -4.22. The van der Waals surface area contributed by atoms with Gasteiger partial charge in [0.2, 0.25) is 5.79 Å². The molecule has 9 atom stereocenters. The van der Waals surface area contributed by atoms with E-state index in [9.17, 15) is 45.3 Å². The molecule has 2 aromatic carbocycles. The van der Waals surface area contributed by atoms with Crippen LogP contribution in [0.2, 0.25) is 0 Å². The highest BCUT2D eigenvalue weighted by atomic mass is 16.8. The maximum atomic E-state index is 12.7. The van der Waals surface area contributed by atoms with Crippen LogP contribution < -0.4 is 4.74 Å². The molecule has 0 bridgehead atoms. The van der Waals surface area contributed by atoms with Gasteiger partial charge in [0.1, 0.15) is 49.8 Å². The van der Waals surface area contributed by atoms with E-state index in [1.165, 1.54) is 43.5 Å². The van der Waals surface area contributed by atoms with Crippen molar-refractivity contribution in [1.29, 1.82) is 0 Å². The molecule has 2 fully saturated rings. The molecule has 0 spiro atoms. The number of carbonyl (C=O) groups excluding carboxylic acids is 2. The number of benzene rings is 2. The van der Waals surface area contributed by atoms with Crippen molar-refractivity contribution in [1.82, 2.24) is 0 Å². The Bertz CT molecular complexity index is 1300. The lowest BCUT2D eigenvalue weighted by Crippen LogP contribution is -2.63. The topological polar surface area (TPSA) is 231 Å². The van der Waals surface area contributed by atoms with Gasteiger partial charge in [-0.05, 0) is 35.9 Å². The molecule has 0 aromatic heterocycles. The molecule has 0 aliphatic carbocycles. The third-order valence-electron chi connectivity index (χ3n) is 7.11. The Morgan fingerprint density at radius 3 is 2.34 bits per heavy atom. The molecule has 0 radical (unpaired) electrons. The van der Waals surface area contributed by atoms with Crippen LogP contribution in [-0.2, 0) is 28.5 Å². The van der Waals surface area contributed by atoms with Crippen LogP contribution >= 0.6 is 0 Å². The first-order valence-electron chi connectivity index (χ1n) is 13.5. The van der Waals surface area contributed by atoms with Gasteiger partial charge >= 0.3 is 11.9 Å². The lowest BCUT2D eigenvalue weighted by atomic mass is 9.98. The minimum absolute atomic E-state index is 0.125. The van der Waals surface area contributed by atoms with Crippen LogP contribution in [0.15, 0.2) is 54.6 Å². The summed E-state index contributed by atoms with van der Waals surface area (Å²) in [7, 11) is 1.34. The summed E-state index contributed by atoms with van der Waals surface area (Å²) in [6, 6.07) is 12.2. The Kier molecular flexibility index (Phi) is 10.9. The van der Waals surface area contributed by atoms with Crippen molar-refractivity contribution in [3.63, 3.8) is 0 Å². The molecule has 2 aliphatic heterocycles. The number of phenols is 1. The monoisotopic (exact) mass is 622 g/mol. The highest BCUT2D eigenvalue weighted by Crippen LogP contribution is 2.38. The number of rotatable bonds is 11. The second-order valence-corrected chi connectivity index (χ2v) is 10.0. The summed E-state index contributed by atoms with van der Waals surface area (Å²) in [4.78, 5) is 25.1. The number of hydrogen-bond acceptors (Lipinski definition) is 15. The van der Waals surface area contributed by atoms with E-state index in [0.29, 0.717) is 5.56 Å². The highest BCUT2D eigenvalue weighted by molar-refractivity contribution is 5.89. The molecule has 4 rings (SSSR count). The van der Waals surface area contributed by atoms with Gasteiger partial charge in [-0.25, -0.2) is 9.59 Å².